The number of rotatable bonds is 4. The third-order valence-corrected chi connectivity index (χ3v) is 6.09. The van der Waals surface area contributed by atoms with Crippen molar-refractivity contribution in [2.75, 3.05) is 10.8 Å². The lowest BCUT2D eigenvalue weighted by atomic mass is 10.2. The Morgan fingerprint density at radius 2 is 1.86 bits per heavy atom. The number of aromatic hydroxyl groups is 1. The summed E-state index contributed by atoms with van der Waals surface area (Å²) in [4.78, 5) is -0.0636. The highest BCUT2D eigenvalue weighted by Gasteiger charge is 2.28. The van der Waals surface area contributed by atoms with Crippen molar-refractivity contribution in [1.82, 2.24) is 0 Å². The first-order valence-electron chi connectivity index (χ1n) is 6.55. The number of phenols is 1. The molecule has 0 aromatic heterocycles. The van der Waals surface area contributed by atoms with E-state index in [0.717, 1.165) is 5.56 Å². The molecule has 4 nitrogen and oxygen atoms in total. The van der Waals surface area contributed by atoms with Crippen molar-refractivity contribution in [2.24, 2.45) is 0 Å². The SMILES string of the molecule is CCN(c1cc(O)ccc1C)S(=O)(=O)c1cccc(Cl)c1Cl. The summed E-state index contributed by atoms with van der Waals surface area (Å²) in [6.07, 6.45) is 0. The molecule has 0 atom stereocenters. The van der Waals surface area contributed by atoms with Crippen LogP contribution in [0, 0.1) is 6.92 Å². The van der Waals surface area contributed by atoms with Crippen LogP contribution in [0.25, 0.3) is 0 Å². The second-order valence-electron chi connectivity index (χ2n) is 4.69. The number of nitrogens with zero attached hydrogens (tertiary/aromatic N) is 1. The van der Waals surface area contributed by atoms with Crippen molar-refractivity contribution < 1.29 is 13.5 Å². The quantitative estimate of drug-likeness (QED) is 0.888. The van der Waals surface area contributed by atoms with E-state index in [9.17, 15) is 13.5 Å². The van der Waals surface area contributed by atoms with Crippen molar-refractivity contribution in [2.45, 2.75) is 18.7 Å². The van der Waals surface area contributed by atoms with Gasteiger partial charge in [0.25, 0.3) is 10.0 Å². The molecule has 2 rings (SSSR count). The lowest BCUT2D eigenvalue weighted by molar-refractivity contribution is 0.475. The highest BCUT2D eigenvalue weighted by atomic mass is 35.5. The van der Waals surface area contributed by atoms with Crippen LogP contribution in [0.1, 0.15) is 12.5 Å². The third kappa shape index (κ3) is 3.02. The lowest BCUT2D eigenvalue weighted by Gasteiger charge is -2.25. The van der Waals surface area contributed by atoms with Gasteiger partial charge in [0.2, 0.25) is 0 Å². The molecule has 0 saturated carbocycles. The van der Waals surface area contributed by atoms with Gasteiger partial charge in [-0.25, -0.2) is 8.42 Å². The molecule has 0 radical (unpaired) electrons. The molecule has 0 heterocycles. The zero-order valence-corrected chi connectivity index (χ0v) is 14.4. The summed E-state index contributed by atoms with van der Waals surface area (Å²) in [5, 5.41) is 9.81. The minimum absolute atomic E-state index is 0.00792. The Morgan fingerprint density at radius 3 is 2.50 bits per heavy atom. The number of hydrogen-bond acceptors (Lipinski definition) is 3. The molecule has 0 aliphatic heterocycles. The van der Waals surface area contributed by atoms with Gasteiger partial charge in [-0.05, 0) is 37.6 Å². The third-order valence-electron chi connectivity index (χ3n) is 3.23. The minimum Gasteiger partial charge on any atom is -0.508 e. The first-order valence-corrected chi connectivity index (χ1v) is 8.75. The maximum atomic E-state index is 12.9. The van der Waals surface area contributed by atoms with E-state index in [-0.39, 0.29) is 27.2 Å². The Kier molecular flexibility index (Phi) is 4.90. The average molecular weight is 360 g/mol. The van der Waals surface area contributed by atoms with Gasteiger partial charge in [-0.2, -0.15) is 0 Å². The first kappa shape index (κ1) is 16.9. The molecule has 0 aliphatic carbocycles. The van der Waals surface area contributed by atoms with E-state index in [2.05, 4.69) is 0 Å². The number of anilines is 1. The number of halogens is 2. The molecule has 22 heavy (non-hydrogen) atoms. The predicted molar refractivity (Wildman–Crippen MR) is 89.5 cm³/mol. The van der Waals surface area contributed by atoms with Crippen LogP contribution >= 0.6 is 23.2 Å². The fraction of sp³-hybridized carbons (Fsp3) is 0.200. The number of benzene rings is 2. The Morgan fingerprint density at radius 1 is 1.18 bits per heavy atom. The number of sulfonamides is 1. The average Bonchev–Trinajstić information content (AvgIpc) is 2.46. The van der Waals surface area contributed by atoms with Gasteiger partial charge in [0.1, 0.15) is 10.6 Å². The smallest absolute Gasteiger partial charge is 0.265 e. The van der Waals surface area contributed by atoms with Crippen LogP contribution in [0.15, 0.2) is 41.3 Å². The molecular formula is C15H15Cl2NO3S. The predicted octanol–water partition coefficient (Wildman–Crippen LogP) is 4.22. The molecular weight excluding hydrogens is 345 g/mol. The van der Waals surface area contributed by atoms with E-state index in [1.807, 2.05) is 0 Å². The first-order chi connectivity index (χ1) is 10.3. The Bertz CT molecular complexity index is 806. The molecule has 0 bridgehead atoms. The second kappa shape index (κ2) is 6.36. The molecule has 2 aromatic rings. The summed E-state index contributed by atoms with van der Waals surface area (Å²) >= 11 is 12.0. The summed E-state index contributed by atoms with van der Waals surface area (Å²) in [6.45, 7) is 3.67. The Hall–Kier alpha value is -1.43. The number of hydrogen-bond donors (Lipinski definition) is 1. The van der Waals surface area contributed by atoms with Crippen molar-refractivity contribution in [1.29, 1.82) is 0 Å². The standard InChI is InChI=1S/C15H15Cl2NO3S/c1-3-18(13-9-11(19)8-7-10(13)2)22(20,21)14-6-4-5-12(16)15(14)17/h4-9,19H,3H2,1-2H3. The zero-order chi connectivity index (χ0) is 16.5. The van der Waals surface area contributed by atoms with Gasteiger partial charge in [0.15, 0.2) is 0 Å². The molecule has 118 valence electrons. The maximum absolute atomic E-state index is 12.9. The molecule has 7 heteroatoms. The fourth-order valence-electron chi connectivity index (χ4n) is 2.14. The van der Waals surface area contributed by atoms with Crippen molar-refractivity contribution in [3.05, 3.63) is 52.0 Å². The van der Waals surface area contributed by atoms with E-state index in [0.29, 0.717) is 5.69 Å². The van der Waals surface area contributed by atoms with E-state index < -0.39 is 10.0 Å². The molecule has 2 aromatic carbocycles. The topological polar surface area (TPSA) is 57.6 Å². The van der Waals surface area contributed by atoms with Crippen molar-refractivity contribution in [3.8, 4) is 5.75 Å². The van der Waals surface area contributed by atoms with Gasteiger partial charge in [0.05, 0.1) is 15.7 Å². The highest BCUT2D eigenvalue weighted by Crippen LogP contribution is 2.34. The van der Waals surface area contributed by atoms with Crippen LogP contribution in [0.4, 0.5) is 5.69 Å². The molecule has 0 spiro atoms. The van der Waals surface area contributed by atoms with Crippen molar-refractivity contribution >= 4 is 38.9 Å². The van der Waals surface area contributed by atoms with Gasteiger partial charge in [-0.3, -0.25) is 4.31 Å². The Labute approximate surface area is 140 Å². The largest absolute Gasteiger partial charge is 0.508 e. The summed E-state index contributed by atoms with van der Waals surface area (Å²) < 4.78 is 27.0. The molecule has 0 aliphatic rings. The van der Waals surface area contributed by atoms with Gasteiger partial charge in [-0.15, -0.1) is 0 Å². The molecule has 0 saturated heterocycles. The molecule has 0 fully saturated rings. The van der Waals surface area contributed by atoms with Crippen LogP contribution in [0.3, 0.4) is 0 Å². The van der Waals surface area contributed by atoms with Gasteiger partial charge in [-0.1, -0.05) is 35.3 Å². The summed E-state index contributed by atoms with van der Waals surface area (Å²) in [5.41, 5.74) is 1.12. The fourth-order valence-corrected chi connectivity index (χ4v) is 4.41. The zero-order valence-electron chi connectivity index (χ0n) is 12.0. The highest BCUT2D eigenvalue weighted by molar-refractivity contribution is 7.93. The van der Waals surface area contributed by atoms with E-state index in [1.165, 1.54) is 34.6 Å². The van der Waals surface area contributed by atoms with Gasteiger partial charge >= 0.3 is 0 Å². The number of aryl methyl sites for hydroxylation is 1. The second-order valence-corrected chi connectivity index (χ2v) is 7.31. The number of phenolic OH excluding ortho intramolecular Hbond substituents is 1. The Balaban J connectivity index is 2.64. The van der Waals surface area contributed by atoms with E-state index in [1.54, 1.807) is 19.9 Å². The molecule has 0 amide bonds. The van der Waals surface area contributed by atoms with E-state index >= 15 is 0 Å². The van der Waals surface area contributed by atoms with Crippen LogP contribution in [0.2, 0.25) is 10.0 Å². The molecule has 1 N–H and O–H groups in total. The maximum Gasteiger partial charge on any atom is 0.265 e. The van der Waals surface area contributed by atoms with Crippen LogP contribution in [-0.2, 0) is 10.0 Å². The summed E-state index contributed by atoms with van der Waals surface area (Å²) in [6, 6.07) is 9.04. The van der Waals surface area contributed by atoms with Gasteiger partial charge < -0.3 is 5.11 Å². The monoisotopic (exact) mass is 359 g/mol. The van der Waals surface area contributed by atoms with Crippen molar-refractivity contribution in [3.63, 3.8) is 0 Å². The van der Waals surface area contributed by atoms with Crippen LogP contribution in [0.5, 0.6) is 5.75 Å². The minimum atomic E-state index is -3.89. The lowest BCUT2D eigenvalue weighted by Crippen LogP contribution is -2.31. The summed E-state index contributed by atoms with van der Waals surface area (Å²) in [7, 11) is -3.89. The van der Waals surface area contributed by atoms with Gasteiger partial charge in [0, 0.05) is 12.6 Å². The van der Waals surface area contributed by atoms with E-state index in [4.69, 9.17) is 23.2 Å². The normalized spacial score (nSPS) is 11.5. The van der Waals surface area contributed by atoms with Crippen LogP contribution < -0.4 is 4.31 Å². The summed E-state index contributed by atoms with van der Waals surface area (Å²) in [5.74, 6) is -0.00792. The molecule has 0 unspecified atom stereocenters. The van der Waals surface area contributed by atoms with Crippen LogP contribution in [-0.4, -0.2) is 20.1 Å².